The van der Waals surface area contributed by atoms with Gasteiger partial charge >= 0.3 is 0 Å². The van der Waals surface area contributed by atoms with Crippen LogP contribution in [0.1, 0.15) is 31.2 Å². The van der Waals surface area contributed by atoms with Crippen molar-refractivity contribution in [2.24, 2.45) is 16.3 Å². The van der Waals surface area contributed by atoms with Crippen LogP contribution in [0.25, 0.3) is 0 Å². The second-order valence-corrected chi connectivity index (χ2v) is 6.00. The first kappa shape index (κ1) is 14.8. The van der Waals surface area contributed by atoms with E-state index in [0.29, 0.717) is 19.4 Å². The standard InChI is InChI=1S/C14H18BrN3O2/c15-11-5-3-4-10(8-11)9-17-13(19)14(12(16)18-20)6-1-2-7-14/h3-5,8,20H,1-2,6-7,9H2,(H2,16,18)(H,17,19). The van der Waals surface area contributed by atoms with Crippen LogP contribution in [0, 0.1) is 5.41 Å². The number of halogens is 1. The third-order valence-corrected chi connectivity index (χ3v) is 4.33. The number of hydrogen-bond donors (Lipinski definition) is 3. The van der Waals surface area contributed by atoms with Crippen molar-refractivity contribution < 1.29 is 10.0 Å². The monoisotopic (exact) mass is 339 g/mol. The van der Waals surface area contributed by atoms with Crippen LogP contribution < -0.4 is 11.1 Å². The van der Waals surface area contributed by atoms with E-state index in [1.54, 1.807) is 0 Å². The summed E-state index contributed by atoms with van der Waals surface area (Å²) in [6.45, 7) is 0.429. The first-order valence-electron chi connectivity index (χ1n) is 6.59. The minimum atomic E-state index is -0.846. The molecule has 1 aromatic carbocycles. The Bertz CT molecular complexity index is 525. The maximum absolute atomic E-state index is 12.4. The highest BCUT2D eigenvalue weighted by atomic mass is 79.9. The van der Waals surface area contributed by atoms with Crippen molar-refractivity contribution in [3.8, 4) is 0 Å². The van der Waals surface area contributed by atoms with E-state index in [2.05, 4.69) is 26.4 Å². The Morgan fingerprint density at radius 2 is 2.15 bits per heavy atom. The molecule has 0 aromatic heterocycles. The first-order chi connectivity index (χ1) is 9.58. The lowest BCUT2D eigenvalue weighted by Gasteiger charge is -2.26. The first-order valence-corrected chi connectivity index (χ1v) is 7.38. The second kappa shape index (κ2) is 6.26. The molecule has 4 N–H and O–H groups in total. The number of hydrogen-bond acceptors (Lipinski definition) is 3. The van der Waals surface area contributed by atoms with E-state index in [4.69, 9.17) is 10.9 Å². The van der Waals surface area contributed by atoms with Gasteiger partial charge in [-0.05, 0) is 30.5 Å². The van der Waals surface area contributed by atoms with Crippen molar-refractivity contribution in [2.45, 2.75) is 32.2 Å². The predicted molar refractivity (Wildman–Crippen MR) is 80.3 cm³/mol. The SMILES string of the molecule is NC(=NO)C1(C(=O)NCc2cccc(Br)c2)CCCC1. The number of nitrogens with zero attached hydrogens (tertiary/aromatic N) is 1. The minimum Gasteiger partial charge on any atom is -0.409 e. The Morgan fingerprint density at radius 1 is 1.45 bits per heavy atom. The van der Waals surface area contributed by atoms with Crippen LogP contribution in [0.4, 0.5) is 0 Å². The summed E-state index contributed by atoms with van der Waals surface area (Å²) in [5.74, 6) is -0.146. The average Bonchev–Trinajstić information content (AvgIpc) is 2.95. The zero-order valence-electron chi connectivity index (χ0n) is 11.1. The molecule has 0 aliphatic heterocycles. The van der Waals surface area contributed by atoms with Crippen LogP contribution in [0.15, 0.2) is 33.9 Å². The zero-order chi connectivity index (χ0) is 14.6. The summed E-state index contributed by atoms with van der Waals surface area (Å²) >= 11 is 3.40. The Kier molecular flexibility index (Phi) is 4.65. The van der Waals surface area contributed by atoms with E-state index < -0.39 is 5.41 Å². The molecule has 1 amide bonds. The van der Waals surface area contributed by atoms with Gasteiger partial charge in [-0.2, -0.15) is 0 Å². The second-order valence-electron chi connectivity index (χ2n) is 5.09. The van der Waals surface area contributed by atoms with Crippen molar-refractivity contribution in [3.63, 3.8) is 0 Å². The zero-order valence-corrected chi connectivity index (χ0v) is 12.7. The number of rotatable bonds is 4. The van der Waals surface area contributed by atoms with Crippen LogP contribution in [0.3, 0.4) is 0 Å². The third kappa shape index (κ3) is 2.95. The van der Waals surface area contributed by atoms with E-state index in [-0.39, 0.29) is 11.7 Å². The van der Waals surface area contributed by atoms with Crippen molar-refractivity contribution in [1.82, 2.24) is 5.32 Å². The van der Waals surface area contributed by atoms with Gasteiger partial charge in [0.2, 0.25) is 5.91 Å². The molecule has 0 bridgehead atoms. The molecule has 2 rings (SSSR count). The number of oxime groups is 1. The molecule has 1 aliphatic rings. The van der Waals surface area contributed by atoms with Crippen LogP contribution >= 0.6 is 15.9 Å². The highest BCUT2D eigenvalue weighted by Crippen LogP contribution is 2.38. The third-order valence-electron chi connectivity index (χ3n) is 3.83. The summed E-state index contributed by atoms with van der Waals surface area (Å²) in [7, 11) is 0. The lowest BCUT2D eigenvalue weighted by molar-refractivity contribution is -0.127. The number of nitrogens with two attached hydrogens (primary N) is 1. The van der Waals surface area contributed by atoms with E-state index in [9.17, 15) is 4.79 Å². The molecule has 0 radical (unpaired) electrons. The van der Waals surface area contributed by atoms with Gasteiger partial charge in [0.1, 0.15) is 5.41 Å². The largest absolute Gasteiger partial charge is 0.409 e. The van der Waals surface area contributed by atoms with Crippen molar-refractivity contribution in [3.05, 3.63) is 34.3 Å². The van der Waals surface area contributed by atoms with Crippen LogP contribution in [-0.2, 0) is 11.3 Å². The molecule has 108 valence electrons. The summed E-state index contributed by atoms with van der Waals surface area (Å²) in [6.07, 6.45) is 3.10. The lowest BCUT2D eigenvalue weighted by Crippen LogP contribution is -2.48. The molecule has 0 unspecified atom stereocenters. The van der Waals surface area contributed by atoms with Crippen molar-refractivity contribution in [2.75, 3.05) is 0 Å². The van der Waals surface area contributed by atoms with Gasteiger partial charge in [-0.3, -0.25) is 4.79 Å². The Hall–Kier alpha value is -1.56. The predicted octanol–water partition coefficient (Wildman–Crippen LogP) is 2.37. The molecule has 0 atom stereocenters. The van der Waals surface area contributed by atoms with E-state index in [1.165, 1.54) is 0 Å². The quantitative estimate of drug-likeness (QED) is 0.340. The average molecular weight is 340 g/mol. The molecule has 0 heterocycles. The normalized spacial score (nSPS) is 17.9. The summed E-state index contributed by atoms with van der Waals surface area (Å²) in [5.41, 5.74) is 5.89. The van der Waals surface area contributed by atoms with Gasteiger partial charge in [-0.1, -0.05) is 46.1 Å². The number of carbonyl (C=O) groups is 1. The molecular formula is C14H18BrN3O2. The molecule has 6 heteroatoms. The highest BCUT2D eigenvalue weighted by molar-refractivity contribution is 9.10. The number of benzene rings is 1. The van der Waals surface area contributed by atoms with E-state index >= 15 is 0 Å². The Balaban J connectivity index is 2.07. The smallest absolute Gasteiger partial charge is 0.234 e. The molecule has 1 aliphatic carbocycles. The topological polar surface area (TPSA) is 87.7 Å². The summed E-state index contributed by atoms with van der Waals surface area (Å²) in [5, 5.41) is 14.9. The number of amides is 1. The Labute approximate surface area is 126 Å². The maximum Gasteiger partial charge on any atom is 0.234 e. The molecule has 1 saturated carbocycles. The fourth-order valence-corrected chi connectivity index (χ4v) is 3.12. The van der Waals surface area contributed by atoms with Gasteiger partial charge in [0.15, 0.2) is 5.84 Å². The molecule has 0 spiro atoms. The maximum atomic E-state index is 12.4. The molecule has 0 saturated heterocycles. The lowest BCUT2D eigenvalue weighted by atomic mass is 9.83. The molecular weight excluding hydrogens is 322 g/mol. The summed E-state index contributed by atoms with van der Waals surface area (Å²) in [6, 6.07) is 7.74. The van der Waals surface area contributed by atoms with Crippen molar-refractivity contribution >= 4 is 27.7 Å². The van der Waals surface area contributed by atoms with Gasteiger partial charge in [0, 0.05) is 11.0 Å². The van der Waals surface area contributed by atoms with Crippen LogP contribution in [-0.4, -0.2) is 17.0 Å². The number of amidine groups is 1. The molecule has 1 aromatic rings. The Morgan fingerprint density at radius 3 is 2.75 bits per heavy atom. The molecule has 20 heavy (non-hydrogen) atoms. The van der Waals surface area contributed by atoms with Gasteiger partial charge in [-0.25, -0.2) is 0 Å². The fraction of sp³-hybridized carbons (Fsp3) is 0.429. The van der Waals surface area contributed by atoms with E-state index in [0.717, 1.165) is 22.9 Å². The number of nitrogens with one attached hydrogen (secondary N) is 1. The van der Waals surface area contributed by atoms with Crippen LogP contribution in [0.2, 0.25) is 0 Å². The highest BCUT2D eigenvalue weighted by Gasteiger charge is 2.45. The van der Waals surface area contributed by atoms with Gasteiger partial charge < -0.3 is 16.3 Å². The van der Waals surface area contributed by atoms with Crippen LogP contribution in [0.5, 0.6) is 0 Å². The van der Waals surface area contributed by atoms with Gasteiger partial charge in [-0.15, -0.1) is 0 Å². The van der Waals surface area contributed by atoms with Gasteiger partial charge in [0.25, 0.3) is 0 Å². The molecule has 1 fully saturated rings. The molecule has 5 nitrogen and oxygen atoms in total. The van der Waals surface area contributed by atoms with E-state index in [1.807, 2.05) is 24.3 Å². The fourth-order valence-electron chi connectivity index (χ4n) is 2.67. The summed E-state index contributed by atoms with van der Waals surface area (Å²) < 4.78 is 0.969. The van der Waals surface area contributed by atoms with Crippen molar-refractivity contribution in [1.29, 1.82) is 0 Å². The summed E-state index contributed by atoms with van der Waals surface area (Å²) in [4.78, 5) is 12.4. The minimum absolute atomic E-state index is 0.0155. The number of carbonyl (C=O) groups excluding carboxylic acids is 1. The van der Waals surface area contributed by atoms with Gasteiger partial charge in [0.05, 0.1) is 0 Å².